The number of hydrogen-bond donors (Lipinski definition) is 1. The van der Waals surface area contributed by atoms with Crippen molar-refractivity contribution in [2.75, 3.05) is 13.1 Å². The van der Waals surface area contributed by atoms with Crippen molar-refractivity contribution >= 4 is 11.8 Å². The first-order chi connectivity index (χ1) is 8.60. The van der Waals surface area contributed by atoms with E-state index in [1.165, 1.54) is 0 Å². The highest BCUT2D eigenvalue weighted by molar-refractivity contribution is 5.83. The predicted octanol–water partition coefficient (Wildman–Crippen LogP) is 1.94. The van der Waals surface area contributed by atoms with Crippen LogP contribution < -0.4 is 5.32 Å². The van der Waals surface area contributed by atoms with Crippen LogP contribution in [-0.4, -0.2) is 35.8 Å². The van der Waals surface area contributed by atoms with Crippen molar-refractivity contribution in [1.82, 2.24) is 10.2 Å². The maximum absolute atomic E-state index is 12.5. The summed E-state index contributed by atoms with van der Waals surface area (Å²) in [6.45, 7) is 7.71. The van der Waals surface area contributed by atoms with Gasteiger partial charge >= 0.3 is 0 Å². The quantitative estimate of drug-likeness (QED) is 0.787. The summed E-state index contributed by atoms with van der Waals surface area (Å²) in [6.07, 6.45) is 4.31. The molecule has 1 aliphatic heterocycles. The molecule has 18 heavy (non-hydrogen) atoms. The SMILES string of the molecule is CCCCN(C(=O)C1CCC(=O)NC1)C(C)CC. The number of nitrogens with zero attached hydrogens (tertiary/aromatic N) is 1. The summed E-state index contributed by atoms with van der Waals surface area (Å²) < 4.78 is 0. The number of amides is 2. The van der Waals surface area contributed by atoms with E-state index in [1.54, 1.807) is 0 Å². The lowest BCUT2D eigenvalue weighted by Crippen LogP contribution is -2.48. The fraction of sp³-hybridized carbons (Fsp3) is 0.857. The van der Waals surface area contributed by atoms with Gasteiger partial charge in [-0.25, -0.2) is 0 Å². The molecule has 2 amide bonds. The van der Waals surface area contributed by atoms with Crippen LogP contribution in [-0.2, 0) is 9.59 Å². The van der Waals surface area contributed by atoms with Gasteiger partial charge in [-0.2, -0.15) is 0 Å². The van der Waals surface area contributed by atoms with Crippen LogP contribution in [0.3, 0.4) is 0 Å². The molecule has 1 saturated heterocycles. The molecule has 0 radical (unpaired) electrons. The van der Waals surface area contributed by atoms with E-state index in [-0.39, 0.29) is 17.7 Å². The summed E-state index contributed by atoms with van der Waals surface area (Å²) in [6, 6.07) is 0.293. The van der Waals surface area contributed by atoms with Gasteiger partial charge in [-0.15, -0.1) is 0 Å². The zero-order chi connectivity index (χ0) is 13.5. The Morgan fingerprint density at radius 2 is 2.22 bits per heavy atom. The maximum Gasteiger partial charge on any atom is 0.227 e. The van der Waals surface area contributed by atoms with Gasteiger partial charge in [0, 0.05) is 25.6 Å². The number of nitrogens with one attached hydrogen (secondary N) is 1. The lowest BCUT2D eigenvalue weighted by Gasteiger charge is -2.33. The monoisotopic (exact) mass is 254 g/mol. The van der Waals surface area contributed by atoms with Crippen molar-refractivity contribution in [2.24, 2.45) is 5.92 Å². The normalized spacial score (nSPS) is 21.3. The van der Waals surface area contributed by atoms with Crippen LogP contribution in [0.25, 0.3) is 0 Å². The average Bonchev–Trinajstić information content (AvgIpc) is 2.39. The molecule has 0 aromatic heterocycles. The van der Waals surface area contributed by atoms with Gasteiger partial charge in [-0.1, -0.05) is 20.3 Å². The Balaban J connectivity index is 2.60. The molecule has 0 aromatic carbocycles. The van der Waals surface area contributed by atoms with Gasteiger partial charge in [0.15, 0.2) is 0 Å². The van der Waals surface area contributed by atoms with E-state index in [2.05, 4.69) is 26.1 Å². The molecule has 0 saturated carbocycles. The first kappa shape index (κ1) is 15.0. The lowest BCUT2D eigenvalue weighted by atomic mass is 9.96. The first-order valence-corrected chi connectivity index (χ1v) is 7.17. The lowest BCUT2D eigenvalue weighted by molar-refractivity contribution is -0.139. The zero-order valence-corrected chi connectivity index (χ0v) is 11.9. The highest BCUT2D eigenvalue weighted by atomic mass is 16.2. The summed E-state index contributed by atoms with van der Waals surface area (Å²) in [7, 11) is 0. The third-order valence-electron chi connectivity index (χ3n) is 3.77. The molecule has 104 valence electrons. The fourth-order valence-electron chi connectivity index (χ4n) is 2.27. The Kier molecular flexibility index (Phi) is 6.16. The molecule has 1 heterocycles. The zero-order valence-electron chi connectivity index (χ0n) is 11.9. The highest BCUT2D eigenvalue weighted by Gasteiger charge is 2.29. The van der Waals surface area contributed by atoms with Crippen molar-refractivity contribution in [3.8, 4) is 0 Å². The third kappa shape index (κ3) is 4.00. The minimum atomic E-state index is -0.0199. The van der Waals surface area contributed by atoms with Crippen LogP contribution in [0.4, 0.5) is 0 Å². The standard InChI is InChI=1S/C14H26N2O2/c1-4-6-9-16(11(3)5-2)14(18)12-7-8-13(17)15-10-12/h11-12H,4-10H2,1-3H3,(H,15,17). The van der Waals surface area contributed by atoms with Gasteiger partial charge in [0.05, 0.1) is 5.92 Å². The van der Waals surface area contributed by atoms with Crippen molar-refractivity contribution in [3.63, 3.8) is 0 Å². The smallest absolute Gasteiger partial charge is 0.227 e. The Labute approximate surface area is 110 Å². The van der Waals surface area contributed by atoms with E-state index in [0.717, 1.165) is 25.8 Å². The van der Waals surface area contributed by atoms with Gasteiger partial charge in [-0.05, 0) is 26.2 Å². The van der Waals surface area contributed by atoms with Crippen LogP contribution in [0.5, 0.6) is 0 Å². The molecule has 4 heteroatoms. The molecule has 1 N–H and O–H groups in total. The van der Waals surface area contributed by atoms with Crippen LogP contribution in [0.15, 0.2) is 0 Å². The van der Waals surface area contributed by atoms with Crippen molar-refractivity contribution in [1.29, 1.82) is 0 Å². The molecule has 2 atom stereocenters. The summed E-state index contributed by atoms with van der Waals surface area (Å²) in [5, 5.41) is 2.79. The second-order valence-electron chi connectivity index (χ2n) is 5.18. The van der Waals surface area contributed by atoms with E-state index in [1.807, 2.05) is 4.90 Å². The van der Waals surface area contributed by atoms with Crippen LogP contribution >= 0.6 is 0 Å². The molecular formula is C14H26N2O2. The minimum Gasteiger partial charge on any atom is -0.355 e. The Bertz CT molecular complexity index is 282. The van der Waals surface area contributed by atoms with Gasteiger partial charge in [0.1, 0.15) is 0 Å². The highest BCUT2D eigenvalue weighted by Crippen LogP contribution is 2.17. The van der Waals surface area contributed by atoms with E-state index < -0.39 is 0 Å². The number of carbonyl (C=O) groups excluding carboxylic acids is 2. The van der Waals surface area contributed by atoms with E-state index in [0.29, 0.717) is 25.4 Å². The van der Waals surface area contributed by atoms with Crippen LogP contribution in [0.2, 0.25) is 0 Å². The van der Waals surface area contributed by atoms with Crippen LogP contribution in [0, 0.1) is 5.92 Å². The van der Waals surface area contributed by atoms with Gasteiger partial charge in [0.25, 0.3) is 0 Å². The summed E-state index contributed by atoms with van der Waals surface area (Å²) in [4.78, 5) is 25.6. The minimum absolute atomic E-state index is 0.0199. The molecule has 0 bridgehead atoms. The molecule has 1 rings (SSSR count). The maximum atomic E-state index is 12.5. The number of piperidine rings is 1. The summed E-state index contributed by atoms with van der Waals surface area (Å²) >= 11 is 0. The van der Waals surface area contributed by atoms with E-state index in [9.17, 15) is 9.59 Å². The third-order valence-corrected chi connectivity index (χ3v) is 3.77. The molecule has 0 spiro atoms. The number of carbonyl (C=O) groups is 2. The molecule has 0 aromatic rings. The second-order valence-corrected chi connectivity index (χ2v) is 5.18. The molecule has 0 aliphatic carbocycles. The van der Waals surface area contributed by atoms with Crippen LogP contribution in [0.1, 0.15) is 52.9 Å². The molecule has 1 aliphatic rings. The molecule has 1 fully saturated rings. The van der Waals surface area contributed by atoms with E-state index in [4.69, 9.17) is 0 Å². The Morgan fingerprint density at radius 3 is 2.72 bits per heavy atom. The first-order valence-electron chi connectivity index (χ1n) is 7.17. The molecule has 4 nitrogen and oxygen atoms in total. The second kappa shape index (κ2) is 7.39. The summed E-state index contributed by atoms with van der Waals surface area (Å²) in [5.41, 5.74) is 0. The van der Waals surface area contributed by atoms with Gasteiger partial charge < -0.3 is 10.2 Å². The summed E-state index contributed by atoms with van der Waals surface area (Å²) in [5.74, 6) is 0.272. The number of rotatable bonds is 6. The topological polar surface area (TPSA) is 49.4 Å². The van der Waals surface area contributed by atoms with Crippen molar-refractivity contribution < 1.29 is 9.59 Å². The van der Waals surface area contributed by atoms with Crippen molar-refractivity contribution in [3.05, 3.63) is 0 Å². The van der Waals surface area contributed by atoms with Gasteiger partial charge in [0.2, 0.25) is 11.8 Å². The molecule has 2 unspecified atom stereocenters. The Morgan fingerprint density at radius 1 is 1.50 bits per heavy atom. The average molecular weight is 254 g/mol. The largest absolute Gasteiger partial charge is 0.355 e. The fourth-order valence-corrected chi connectivity index (χ4v) is 2.27. The van der Waals surface area contributed by atoms with Gasteiger partial charge in [-0.3, -0.25) is 9.59 Å². The number of unbranched alkanes of at least 4 members (excludes halogenated alkanes) is 1. The van der Waals surface area contributed by atoms with Crippen molar-refractivity contribution in [2.45, 2.75) is 58.9 Å². The predicted molar refractivity (Wildman–Crippen MR) is 72.1 cm³/mol. The Hall–Kier alpha value is -1.06. The van der Waals surface area contributed by atoms with E-state index >= 15 is 0 Å². The molecular weight excluding hydrogens is 228 g/mol. The number of hydrogen-bond acceptors (Lipinski definition) is 2.